The maximum Gasteiger partial charge on any atom is 0.0942 e. The number of hydrogen-bond donors (Lipinski definition) is 0. The second-order valence-corrected chi connectivity index (χ2v) is 2.18. The lowest BCUT2D eigenvalue weighted by Gasteiger charge is -1.84. The highest BCUT2D eigenvalue weighted by Crippen LogP contribution is 2.09. The summed E-state index contributed by atoms with van der Waals surface area (Å²) < 4.78 is 4.83. The van der Waals surface area contributed by atoms with Crippen molar-refractivity contribution >= 4 is 11.8 Å². The van der Waals surface area contributed by atoms with Crippen molar-refractivity contribution < 1.29 is 4.42 Å². The van der Waals surface area contributed by atoms with Crippen LogP contribution >= 0.6 is 11.8 Å². The predicted molar refractivity (Wildman–Crippen MR) is 35.4 cm³/mol. The molecule has 0 aliphatic heterocycles. The van der Waals surface area contributed by atoms with Crippen LogP contribution in [0.2, 0.25) is 0 Å². The number of rotatable bonds is 2. The Morgan fingerprint density at radius 2 is 2.62 bits per heavy atom. The molecule has 1 nitrogen and oxygen atoms in total. The lowest BCUT2D eigenvalue weighted by molar-refractivity contribution is 0.565. The zero-order valence-corrected chi connectivity index (χ0v) is 5.28. The predicted octanol–water partition coefficient (Wildman–Crippen LogP) is 2.30. The highest BCUT2D eigenvalue weighted by molar-refractivity contribution is 7.99. The van der Waals surface area contributed by atoms with Gasteiger partial charge in [-0.05, 0) is 6.07 Å². The van der Waals surface area contributed by atoms with Crippen molar-refractivity contribution in [3.63, 3.8) is 0 Å². The van der Waals surface area contributed by atoms with Crippen molar-refractivity contribution in [2.45, 2.75) is 5.75 Å². The Labute approximate surface area is 53.1 Å². The molecule has 0 saturated heterocycles. The van der Waals surface area contributed by atoms with Crippen LogP contribution in [0, 0.1) is 6.26 Å². The molecule has 0 fully saturated rings. The van der Waals surface area contributed by atoms with Crippen LogP contribution in [-0.2, 0) is 5.75 Å². The minimum Gasteiger partial charge on any atom is -0.472 e. The largest absolute Gasteiger partial charge is 0.472 e. The van der Waals surface area contributed by atoms with Gasteiger partial charge in [0, 0.05) is 17.6 Å². The Balaban J connectivity index is 2.50. The normalized spacial score (nSPS) is 9.62. The van der Waals surface area contributed by atoms with E-state index < -0.39 is 0 Å². The lowest BCUT2D eigenvalue weighted by Crippen LogP contribution is -1.67. The molecule has 43 valence electrons. The molecule has 1 aromatic rings. The Morgan fingerprint density at radius 1 is 1.75 bits per heavy atom. The molecule has 0 saturated carbocycles. The summed E-state index contributed by atoms with van der Waals surface area (Å²) in [7, 11) is 0. The quantitative estimate of drug-likeness (QED) is 0.604. The molecule has 0 amide bonds. The fourth-order valence-corrected chi connectivity index (χ4v) is 0.893. The highest BCUT2D eigenvalue weighted by atomic mass is 32.2. The molecule has 0 spiro atoms. The molecule has 8 heavy (non-hydrogen) atoms. The first kappa shape index (κ1) is 5.76. The van der Waals surface area contributed by atoms with Gasteiger partial charge in [-0.15, -0.1) is 0 Å². The van der Waals surface area contributed by atoms with Gasteiger partial charge in [0.1, 0.15) is 0 Å². The molecular formula is C6H7OS. The summed E-state index contributed by atoms with van der Waals surface area (Å²) in [4.78, 5) is 0. The number of furan rings is 1. The molecule has 0 aliphatic rings. The zero-order valence-electron chi connectivity index (χ0n) is 4.46. The van der Waals surface area contributed by atoms with Crippen LogP contribution in [-0.4, -0.2) is 0 Å². The minimum atomic E-state index is 0.941. The molecule has 0 atom stereocenters. The SMILES string of the molecule is [CH2]SCc1ccoc1. The zero-order chi connectivity index (χ0) is 5.82. The molecule has 0 aromatic carbocycles. The molecule has 0 N–H and O–H groups in total. The third kappa shape index (κ3) is 1.30. The smallest absolute Gasteiger partial charge is 0.0942 e. The van der Waals surface area contributed by atoms with Crippen molar-refractivity contribution in [2.24, 2.45) is 0 Å². The van der Waals surface area contributed by atoms with E-state index in [2.05, 4.69) is 6.26 Å². The summed E-state index contributed by atoms with van der Waals surface area (Å²) in [6, 6.07) is 1.94. The first-order valence-electron chi connectivity index (χ1n) is 2.31. The van der Waals surface area contributed by atoms with E-state index in [0.717, 1.165) is 5.75 Å². The second-order valence-electron chi connectivity index (χ2n) is 1.48. The monoisotopic (exact) mass is 127 g/mol. The van der Waals surface area contributed by atoms with Gasteiger partial charge >= 0.3 is 0 Å². The summed E-state index contributed by atoms with van der Waals surface area (Å²) in [5.74, 6) is 0.941. The topological polar surface area (TPSA) is 13.1 Å². The van der Waals surface area contributed by atoms with Gasteiger partial charge in [0.05, 0.1) is 12.5 Å². The summed E-state index contributed by atoms with van der Waals surface area (Å²) in [6.07, 6.45) is 7.04. The molecule has 0 bridgehead atoms. The first-order valence-corrected chi connectivity index (χ1v) is 3.47. The third-order valence-electron chi connectivity index (χ3n) is 0.849. The number of thioether (sulfide) groups is 1. The van der Waals surface area contributed by atoms with Crippen LogP contribution in [0.4, 0.5) is 0 Å². The summed E-state index contributed by atoms with van der Waals surface area (Å²) in [5, 5.41) is 0. The van der Waals surface area contributed by atoms with Gasteiger partial charge in [0.2, 0.25) is 0 Å². The second kappa shape index (κ2) is 2.82. The van der Waals surface area contributed by atoms with E-state index in [9.17, 15) is 0 Å². The van der Waals surface area contributed by atoms with E-state index in [-0.39, 0.29) is 0 Å². The van der Waals surface area contributed by atoms with Crippen molar-refractivity contribution in [2.75, 3.05) is 0 Å². The Kier molecular flexibility index (Phi) is 2.03. The molecule has 2 heteroatoms. The van der Waals surface area contributed by atoms with E-state index in [1.54, 1.807) is 24.3 Å². The molecule has 0 unspecified atom stereocenters. The van der Waals surface area contributed by atoms with Gasteiger partial charge in [0.15, 0.2) is 0 Å². The van der Waals surface area contributed by atoms with Gasteiger partial charge in [-0.3, -0.25) is 0 Å². The van der Waals surface area contributed by atoms with E-state index in [1.807, 2.05) is 6.07 Å². The van der Waals surface area contributed by atoms with E-state index in [1.165, 1.54) is 5.56 Å². The maximum absolute atomic E-state index is 4.83. The first-order chi connectivity index (χ1) is 3.93. The highest BCUT2D eigenvalue weighted by Gasteiger charge is 1.88. The number of hydrogen-bond acceptors (Lipinski definition) is 2. The van der Waals surface area contributed by atoms with Gasteiger partial charge in [0.25, 0.3) is 0 Å². The molecule has 1 rings (SSSR count). The summed E-state index contributed by atoms with van der Waals surface area (Å²) >= 11 is 1.55. The van der Waals surface area contributed by atoms with Crippen molar-refractivity contribution in [1.29, 1.82) is 0 Å². The molecule has 1 radical (unpaired) electrons. The third-order valence-corrected chi connectivity index (χ3v) is 1.39. The van der Waals surface area contributed by atoms with Crippen LogP contribution in [0.25, 0.3) is 0 Å². The Hall–Kier alpha value is -0.370. The van der Waals surface area contributed by atoms with Crippen LogP contribution in [0.1, 0.15) is 5.56 Å². The van der Waals surface area contributed by atoms with Gasteiger partial charge in [-0.2, -0.15) is 11.8 Å². The lowest BCUT2D eigenvalue weighted by atomic mass is 10.4. The summed E-state index contributed by atoms with van der Waals surface area (Å²) in [6.45, 7) is 0. The Bertz CT molecular complexity index is 134. The van der Waals surface area contributed by atoms with Crippen molar-refractivity contribution in [3.05, 3.63) is 30.4 Å². The molecule has 1 heterocycles. The van der Waals surface area contributed by atoms with Gasteiger partial charge < -0.3 is 4.42 Å². The van der Waals surface area contributed by atoms with Crippen molar-refractivity contribution in [1.82, 2.24) is 0 Å². The maximum atomic E-state index is 4.83. The molecular weight excluding hydrogens is 120 g/mol. The van der Waals surface area contributed by atoms with Gasteiger partial charge in [-0.1, -0.05) is 0 Å². The van der Waals surface area contributed by atoms with Crippen LogP contribution in [0.3, 0.4) is 0 Å². The van der Waals surface area contributed by atoms with E-state index >= 15 is 0 Å². The van der Waals surface area contributed by atoms with Crippen molar-refractivity contribution in [3.8, 4) is 0 Å². The molecule has 0 aliphatic carbocycles. The standard InChI is InChI=1S/C6H7OS/c1-8-5-6-2-3-7-4-6/h2-4H,1,5H2. The van der Waals surface area contributed by atoms with E-state index in [0.29, 0.717) is 0 Å². The minimum absolute atomic E-state index is 0.941. The average molecular weight is 127 g/mol. The van der Waals surface area contributed by atoms with Crippen LogP contribution < -0.4 is 0 Å². The molecule has 1 aromatic heterocycles. The fraction of sp³-hybridized carbons (Fsp3) is 0.167. The van der Waals surface area contributed by atoms with Crippen LogP contribution in [0.15, 0.2) is 23.0 Å². The summed E-state index contributed by atoms with van der Waals surface area (Å²) in [5.41, 5.74) is 1.20. The fourth-order valence-electron chi connectivity index (χ4n) is 0.493. The van der Waals surface area contributed by atoms with Gasteiger partial charge in [-0.25, -0.2) is 0 Å². The van der Waals surface area contributed by atoms with Crippen LogP contribution in [0.5, 0.6) is 0 Å². The average Bonchev–Trinajstić information content (AvgIpc) is 2.19. The van der Waals surface area contributed by atoms with E-state index in [4.69, 9.17) is 4.42 Å². The Morgan fingerprint density at radius 3 is 3.12 bits per heavy atom.